The normalized spacial score (nSPS) is 11.1. The topological polar surface area (TPSA) is 102 Å². The standard InChI is InChI=1S/C25H17ClN2O5/c1-32-24-15-18(14-20(16-27)19-6-8-21(26)9-7-19)4-12-23(24)33-25(29)13-5-17-2-10-22(11-3-17)28(30)31/h2-15H,1H3/b13-5+,20-14-. The number of nitrogens with zero attached hydrogens (tertiary/aromatic N) is 2. The van der Waals surface area contributed by atoms with Gasteiger partial charge < -0.3 is 9.47 Å². The first kappa shape index (κ1) is 23.3. The highest BCUT2D eigenvalue weighted by Crippen LogP contribution is 2.30. The smallest absolute Gasteiger partial charge is 0.336 e. The van der Waals surface area contributed by atoms with E-state index in [9.17, 15) is 20.2 Å². The van der Waals surface area contributed by atoms with Crippen molar-refractivity contribution in [2.75, 3.05) is 7.11 Å². The number of nitro groups is 1. The lowest BCUT2D eigenvalue weighted by atomic mass is 10.0. The maximum atomic E-state index is 12.2. The molecule has 0 aliphatic carbocycles. The van der Waals surface area contributed by atoms with Gasteiger partial charge in [-0.2, -0.15) is 5.26 Å². The van der Waals surface area contributed by atoms with Crippen molar-refractivity contribution in [2.24, 2.45) is 0 Å². The minimum absolute atomic E-state index is 0.0378. The largest absolute Gasteiger partial charge is 0.493 e. The van der Waals surface area contributed by atoms with Gasteiger partial charge in [0.25, 0.3) is 5.69 Å². The van der Waals surface area contributed by atoms with E-state index in [4.69, 9.17) is 21.1 Å². The third-order valence-corrected chi connectivity index (χ3v) is 4.75. The van der Waals surface area contributed by atoms with Crippen LogP contribution < -0.4 is 9.47 Å². The fourth-order valence-electron chi connectivity index (χ4n) is 2.85. The van der Waals surface area contributed by atoms with Crippen LogP contribution in [0.4, 0.5) is 5.69 Å². The number of benzene rings is 3. The molecule has 33 heavy (non-hydrogen) atoms. The fourth-order valence-corrected chi connectivity index (χ4v) is 2.97. The predicted molar refractivity (Wildman–Crippen MR) is 126 cm³/mol. The molecule has 0 aromatic heterocycles. The third kappa shape index (κ3) is 6.29. The molecule has 0 saturated heterocycles. The molecule has 0 spiro atoms. The van der Waals surface area contributed by atoms with Crippen LogP contribution in [-0.2, 0) is 4.79 Å². The van der Waals surface area contributed by atoms with Gasteiger partial charge in [0.1, 0.15) is 0 Å². The van der Waals surface area contributed by atoms with Crippen LogP contribution in [0.25, 0.3) is 17.7 Å². The minimum atomic E-state index is -0.645. The summed E-state index contributed by atoms with van der Waals surface area (Å²) in [5.74, 6) is -0.124. The van der Waals surface area contributed by atoms with Gasteiger partial charge in [0.15, 0.2) is 11.5 Å². The number of halogens is 1. The van der Waals surface area contributed by atoms with E-state index in [2.05, 4.69) is 6.07 Å². The van der Waals surface area contributed by atoms with Gasteiger partial charge in [-0.25, -0.2) is 4.79 Å². The van der Waals surface area contributed by atoms with Crippen molar-refractivity contribution in [3.05, 3.63) is 105 Å². The number of hydrogen-bond acceptors (Lipinski definition) is 6. The van der Waals surface area contributed by atoms with Gasteiger partial charge in [-0.3, -0.25) is 10.1 Å². The molecule has 7 nitrogen and oxygen atoms in total. The van der Waals surface area contributed by atoms with E-state index >= 15 is 0 Å². The number of carbonyl (C=O) groups excluding carboxylic acids is 1. The lowest BCUT2D eigenvalue weighted by molar-refractivity contribution is -0.384. The zero-order chi connectivity index (χ0) is 23.8. The molecule has 0 atom stereocenters. The van der Waals surface area contributed by atoms with E-state index in [-0.39, 0.29) is 11.4 Å². The number of allylic oxidation sites excluding steroid dienone is 1. The Kier molecular flexibility index (Phi) is 7.58. The van der Waals surface area contributed by atoms with Crippen molar-refractivity contribution in [3.8, 4) is 17.6 Å². The highest BCUT2D eigenvalue weighted by Gasteiger charge is 2.10. The Morgan fingerprint density at radius 1 is 1.03 bits per heavy atom. The molecule has 8 heteroatoms. The Balaban J connectivity index is 1.75. The Morgan fingerprint density at radius 2 is 1.70 bits per heavy atom. The summed E-state index contributed by atoms with van der Waals surface area (Å²) < 4.78 is 10.7. The molecule has 0 amide bonds. The molecule has 0 radical (unpaired) electrons. The van der Waals surface area contributed by atoms with E-state index in [0.29, 0.717) is 33.0 Å². The van der Waals surface area contributed by atoms with Crippen LogP contribution in [0.15, 0.2) is 72.8 Å². The number of rotatable bonds is 7. The van der Waals surface area contributed by atoms with Crippen LogP contribution in [0.3, 0.4) is 0 Å². The average Bonchev–Trinajstić information content (AvgIpc) is 2.83. The van der Waals surface area contributed by atoms with E-state index in [1.54, 1.807) is 48.5 Å². The zero-order valence-corrected chi connectivity index (χ0v) is 18.2. The summed E-state index contributed by atoms with van der Waals surface area (Å²) in [5.41, 5.74) is 2.40. The van der Waals surface area contributed by atoms with Gasteiger partial charge in [0.05, 0.1) is 23.7 Å². The SMILES string of the molecule is COc1cc(/C=C(/C#N)c2ccc(Cl)cc2)ccc1OC(=O)/C=C/c1ccc([N+](=O)[O-])cc1. The highest BCUT2D eigenvalue weighted by atomic mass is 35.5. The maximum Gasteiger partial charge on any atom is 0.336 e. The third-order valence-electron chi connectivity index (χ3n) is 4.50. The van der Waals surface area contributed by atoms with Gasteiger partial charge in [-0.05, 0) is 65.2 Å². The molecule has 0 aliphatic rings. The van der Waals surface area contributed by atoms with Gasteiger partial charge in [-0.1, -0.05) is 29.8 Å². The molecule has 3 rings (SSSR count). The highest BCUT2D eigenvalue weighted by molar-refractivity contribution is 6.30. The first-order valence-corrected chi connectivity index (χ1v) is 9.97. The Labute approximate surface area is 194 Å². The van der Waals surface area contributed by atoms with Crippen molar-refractivity contribution >= 4 is 41.0 Å². The second kappa shape index (κ2) is 10.8. The lowest BCUT2D eigenvalue weighted by Crippen LogP contribution is -2.05. The van der Waals surface area contributed by atoms with E-state index in [0.717, 1.165) is 0 Å². The molecule has 3 aromatic rings. The van der Waals surface area contributed by atoms with E-state index in [1.807, 2.05) is 0 Å². The maximum absolute atomic E-state index is 12.2. The first-order valence-electron chi connectivity index (χ1n) is 9.59. The minimum Gasteiger partial charge on any atom is -0.493 e. The van der Waals surface area contributed by atoms with Crippen molar-refractivity contribution in [1.82, 2.24) is 0 Å². The Bertz CT molecular complexity index is 1270. The molecule has 0 unspecified atom stereocenters. The number of nitriles is 1. The number of carbonyl (C=O) groups is 1. The lowest BCUT2D eigenvalue weighted by Gasteiger charge is -2.09. The Morgan fingerprint density at radius 3 is 2.30 bits per heavy atom. The summed E-state index contributed by atoms with van der Waals surface area (Å²) in [7, 11) is 1.44. The second-order valence-corrected chi connectivity index (χ2v) is 7.13. The van der Waals surface area contributed by atoms with Crippen LogP contribution in [-0.4, -0.2) is 18.0 Å². The molecular formula is C25H17ClN2O5. The van der Waals surface area contributed by atoms with Gasteiger partial charge in [0.2, 0.25) is 0 Å². The van der Waals surface area contributed by atoms with Crippen LogP contribution in [0.5, 0.6) is 11.5 Å². The summed E-state index contributed by atoms with van der Waals surface area (Å²) in [5, 5.41) is 20.8. The van der Waals surface area contributed by atoms with E-state index in [1.165, 1.54) is 43.5 Å². The van der Waals surface area contributed by atoms with E-state index < -0.39 is 10.9 Å². The van der Waals surface area contributed by atoms with Gasteiger partial charge in [0, 0.05) is 23.2 Å². The first-order chi connectivity index (χ1) is 15.9. The predicted octanol–water partition coefficient (Wildman–Crippen LogP) is 5.94. The number of nitro benzene ring substituents is 1. The zero-order valence-electron chi connectivity index (χ0n) is 17.4. The summed E-state index contributed by atoms with van der Waals surface area (Å²) >= 11 is 5.90. The van der Waals surface area contributed by atoms with Crippen LogP contribution in [0.2, 0.25) is 5.02 Å². The number of non-ortho nitro benzene ring substituents is 1. The molecule has 0 aliphatic heterocycles. The van der Waals surface area contributed by atoms with Crippen LogP contribution in [0.1, 0.15) is 16.7 Å². The van der Waals surface area contributed by atoms with Crippen molar-refractivity contribution in [2.45, 2.75) is 0 Å². The van der Waals surface area contributed by atoms with Crippen molar-refractivity contribution in [3.63, 3.8) is 0 Å². The fraction of sp³-hybridized carbons (Fsp3) is 0.0400. The van der Waals surface area contributed by atoms with Gasteiger partial charge in [-0.15, -0.1) is 0 Å². The Hall–Kier alpha value is -4.41. The van der Waals surface area contributed by atoms with Crippen molar-refractivity contribution < 1.29 is 19.2 Å². The van der Waals surface area contributed by atoms with Crippen LogP contribution in [0, 0.1) is 21.4 Å². The molecular weight excluding hydrogens is 444 g/mol. The molecule has 164 valence electrons. The monoisotopic (exact) mass is 460 g/mol. The van der Waals surface area contributed by atoms with Crippen molar-refractivity contribution in [1.29, 1.82) is 5.26 Å². The summed E-state index contributed by atoms with van der Waals surface area (Å²) in [6.45, 7) is 0. The molecule has 0 bridgehead atoms. The number of hydrogen-bond donors (Lipinski definition) is 0. The number of ether oxygens (including phenoxy) is 2. The summed E-state index contributed by atoms with van der Waals surface area (Å²) in [6.07, 6.45) is 4.38. The summed E-state index contributed by atoms with van der Waals surface area (Å²) in [6, 6.07) is 19.7. The molecule has 3 aromatic carbocycles. The number of esters is 1. The van der Waals surface area contributed by atoms with Gasteiger partial charge >= 0.3 is 5.97 Å². The average molecular weight is 461 g/mol. The summed E-state index contributed by atoms with van der Waals surface area (Å²) in [4.78, 5) is 22.4. The quantitative estimate of drug-likeness (QED) is 0.0822. The molecule has 0 heterocycles. The molecule has 0 saturated carbocycles. The second-order valence-electron chi connectivity index (χ2n) is 6.69. The molecule has 0 fully saturated rings. The van der Waals surface area contributed by atoms with Crippen LogP contribution >= 0.6 is 11.6 Å². The molecule has 0 N–H and O–H groups in total. The number of methoxy groups -OCH3 is 1.